The Hall–Kier alpha value is -0.860. The fourth-order valence-corrected chi connectivity index (χ4v) is 3.92. The second-order valence-electron chi connectivity index (χ2n) is 7.60. The van der Waals surface area contributed by atoms with Gasteiger partial charge in [-0.2, -0.15) is 0 Å². The molecule has 0 aliphatic carbocycles. The third kappa shape index (κ3) is 4.81. The van der Waals surface area contributed by atoms with Crippen molar-refractivity contribution in [3.8, 4) is 0 Å². The van der Waals surface area contributed by atoms with Crippen molar-refractivity contribution < 1.29 is 5.11 Å². The number of aliphatic hydroxyl groups excluding tert-OH is 1. The van der Waals surface area contributed by atoms with Crippen LogP contribution in [0.15, 0.2) is 24.3 Å². The first-order valence-corrected chi connectivity index (χ1v) is 9.52. The highest BCUT2D eigenvalue weighted by atomic mass is 16.2. The van der Waals surface area contributed by atoms with Crippen LogP contribution in [0.3, 0.4) is 0 Å². The van der Waals surface area contributed by atoms with Crippen molar-refractivity contribution in [2.24, 2.45) is 5.92 Å². The van der Waals surface area contributed by atoms with Gasteiger partial charge in [0.1, 0.15) is 0 Å². The summed E-state index contributed by atoms with van der Waals surface area (Å²) < 4.78 is 0. The molecule has 0 bridgehead atoms. The molecule has 1 fully saturated rings. The first-order valence-electron chi connectivity index (χ1n) is 9.52. The van der Waals surface area contributed by atoms with E-state index in [2.05, 4.69) is 49.9 Å². The summed E-state index contributed by atoms with van der Waals surface area (Å²) >= 11 is 0. The Labute approximate surface area is 142 Å². The van der Waals surface area contributed by atoms with Crippen LogP contribution in [0.4, 0.5) is 0 Å². The summed E-state index contributed by atoms with van der Waals surface area (Å²) in [6.07, 6.45) is 7.43. The average Bonchev–Trinajstić information content (AvgIpc) is 2.55. The lowest BCUT2D eigenvalue weighted by atomic mass is 9.67. The number of nitrogens with zero attached hydrogens (tertiary/aromatic N) is 1. The molecule has 0 saturated carbocycles. The van der Waals surface area contributed by atoms with E-state index in [-0.39, 0.29) is 12.0 Å². The predicted molar refractivity (Wildman–Crippen MR) is 98.9 cm³/mol. The quantitative estimate of drug-likeness (QED) is 0.718. The van der Waals surface area contributed by atoms with Gasteiger partial charge in [0.05, 0.1) is 0 Å². The minimum Gasteiger partial charge on any atom is -0.396 e. The minimum atomic E-state index is 0.237. The third-order valence-electron chi connectivity index (χ3n) is 5.88. The molecule has 2 unspecified atom stereocenters. The second-order valence-corrected chi connectivity index (χ2v) is 7.60. The van der Waals surface area contributed by atoms with Gasteiger partial charge in [0.2, 0.25) is 0 Å². The lowest BCUT2D eigenvalue weighted by Gasteiger charge is -2.45. The van der Waals surface area contributed by atoms with Crippen LogP contribution in [-0.2, 0) is 11.8 Å². The summed E-state index contributed by atoms with van der Waals surface area (Å²) in [6.45, 7) is 11.1. The van der Waals surface area contributed by atoms with Crippen LogP contribution < -0.4 is 0 Å². The van der Waals surface area contributed by atoms with Gasteiger partial charge in [-0.05, 0) is 54.8 Å². The standard InChI is InChI=1S/C21H35NO/c1-4-5-6-7-13-22-14-12-21(3,18(2)17-22)20-10-8-9-19(16-20)11-15-23/h8-10,16,18,23H,4-7,11-15,17H2,1-3H3. The summed E-state index contributed by atoms with van der Waals surface area (Å²) in [5.74, 6) is 0.673. The fraction of sp³-hybridized carbons (Fsp3) is 0.714. The number of likely N-dealkylation sites (tertiary alicyclic amines) is 1. The van der Waals surface area contributed by atoms with Crippen LogP contribution in [0.2, 0.25) is 0 Å². The SMILES string of the molecule is CCCCCCN1CCC(C)(c2cccc(CCO)c2)C(C)C1. The highest BCUT2D eigenvalue weighted by Crippen LogP contribution is 2.39. The monoisotopic (exact) mass is 317 g/mol. The first-order chi connectivity index (χ1) is 11.1. The molecule has 1 aromatic carbocycles. The van der Waals surface area contributed by atoms with E-state index in [0.29, 0.717) is 5.92 Å². The molecule has 2 atom stereocenters. The van der Waals surface area contributed by atoms with Crippen LogP contribution in [0.25, 0.3) is 0 Å². The summed E-state index contributed by atoms with van der Waals surface area (Å²) in [7, 11) is 0. The number of aliphatic hydroxyl groups is 1. The summed E-state index contributed by atoms with van der Waals surface area (Å²) in [5, 5.41) is 9.19. The van der Waals surface area contributed by atoms with E-state index < -0.39 is 0 Å². The molecule has 1 aliphatic rings. The Bertz CT molecular complexity index is 473. The highest BCUT2D eigenvalue weighted by Gasteiger charge is 2.37. The second kappa shape index (κ2) is 8.84. The normalized spacial score (nSPS) is 25.7. The van der Waals surface area contributed by atoms with E-state index in [1.807, 2.05) is 0 Å². The average molecular weight is 318 g/mol. The van der Waals surface area contributed by atoms with Gasteiger partial charge in [0, 0.05) is 13.2 Å². The zero-order chi connectivity index (χ0) is 16.7. The molecule has 23 heavy (non-hydrogen) atoms. The number of rotatable bonds is 8. The molecule has 0 spiro atoms. The minimum absolute atomic E-state index is 0.237. The Morgan fingerprint density at radius 2 is 2.09 bits per heavy atom. The number of benzene rings is 1. The van der Waals surface area contributed by atoms with Crippen LogP contribution in [0.1, 0.15) is 64.0 Å². The number of piperidine rings is 1. The molecule has 1 aliphatic heterocycles. The predicted octanol–water partition coefficient (Wildman–Crippen LogP) is 4.40. The van der Waals surface area contributed by atoms with Gasteiger partial charge in [-0.3, -0.25) is 0 Å². The molecule has 130 valence electrons. The zero-order valence-corrected chi connectivity index (χ0v) is 15.4. The van der Waals surface area contributed by atoms with Gasteiger partial charge >= 0.3 is 0 Å². The van der Waals surface area contributed by atoms with E-state index >= 15 is 0 Å². The fourth-order valence-electron chi connectivity index (χ4n) is 3.92. The van der Waals surface area contributed by atoms with Crippen LogP contribution >= 0.6 is 0 Å². The van der Waals surface area contributed by atoms with E-state index in [9.17, 15) is 5.11 Å². The van der Waals surface area contributed by atoms with Gasteiger partial charge < -0.3 is 10.0 Å². The number of hydrogen-bond donors (Lipinski definition) is 1. The molecule has 2 nitrogen and oxygen atoms in total. The molecule has 2 heteroatoms. The van der Waals surface area contributed by atoms with E-state index in [1.54, 1.807) is 0 Å². The third-order valence-corrected chi connectivity index (χ3v) is 5.88. The lowest BCUT2D eigenvalue weighted by Crippen LogP contribution is -2.47. The topological polar surface area (TPSA) is 23.5 Å². The maximum absolute atomic E-state index is 9.19. The Morgan fingerprint density at radius 1 is 1.26 bits per heavy atom. The van der Waals surface area contributed by atoms with Crippen molar-refractivity contribution in [1.82, 2.24) is 4.90 Å². The Balaban J connectivity index is 1.96. The summed E-state index contributed by atoms with van der Waals surface area (Å²) in [6, 6.07) is 8.91. The Kier molecular flexibility index (Phi) is 7.10. The number of hydrogen-bond acceptors (Lipinski definition) is 2. The molecule has 0 aromatic heterocycles. The van der Waals surface area contributed by atoms with Crippen molar-refractivity contribution in [2.75, 3.05) is 26.2 Å². The molecule has 0 radical (unpaired) electrons. The summed E-state index contributed by atoms with van der Waals surface area (Å²) in [5.41, 5.74) is 2.99. The molecule has 1 aromatic rings. The van der Waals surface area contributed by atoms with Gasteiger partial charge in [-0.15, -0.1) is 0 Å². The van der Waals surface area contributed by atoms with Gasteiger partial charge in [-0.25, -0.2) is 0 Å². The van der Waals surface area contributed by atoms with Crippen molar-refractivity contribution in [1.29, 1.82) is 0 Å². The van der Waals surface area contributed by atoms with Crippen LogP contribution in [0, 0.1) is 5.92 Å². The molecular formula is C21H35NO. The molecule has 1 heterocycles. The van der Waals surface area contributed by atoms with Crippen molar-refractivity contribution in [3.63, 3.8) is 0 Å². The maximum atomic E-state index is 9.19. The number of unbranched alkanes of at least 4 members (excludes halogenated alkanes) is 3. The summed E-state index contributed by atoms with van der Waals surface area (Å²) in [4.78, 5) is 2.67. The lowest BCUT2D eigenvalue weighted by molar-refractivity contribution is 0.109. The smallest absolute Gasteiger partial charge is 0.0471 e. The van der Waals surface area contributed by atoms with E-state index in [1.165, 1.54) is 62.9 Å². The Morgan fingerprint density at radius 3 is 2.78 bits per heavy atom. The van der Waals surface area contributed by atoms with Crippen molar-refractivity contribution in [3.05, 3.63) is 35.4 Å². The maximum Gasteiger partial charge on any atom is 0.0471 e. The molecule has 1 N–H and O–H groups in total. The largest absolute Gasteiger partial charge is 0.396 e. The molecule has 1 saturated heterocycles. The molecule has 0 amide bonds. The van der Waals surface area contributed by atoms with Gasteiger partial charge in [0.25, 0.3) is 0 Å². The highest BCUT2D eigenvalue weighted by molar-refractivity contribution is 5.31. The molecule has 2 rings (SSSR count). The van der Waals surface area contributed by atoms with Crippen LogP contribution in [-0.4, -0.2) is 36.2 Å². The van der Waals surface area contributed by atoms with Gasteiger partial charge in [-0.1, -0.05) is 64.3 Å². The van der Waals surface area contributed by atoms with Crippen LogP contribution in [0.5, 0.6) is 0 Å². The van der Waals surface area contributed by atoms with E-state index in [4.69, 9.17) is 0 Å². The molecular weight excluding hydrogens is 282 g/mol. The van der Waals surface area contributed by atoms with Crippen molar-refractivity contribution in [2.45, 2.75) is 64.7 Å². The van der Waals surface area contributed by atoms with Gasteiger partial charge in [0.15, 0.2) is 0 Å². The zero-order valence-electron chi connectivity index (χ0n) is 15.4. The van der Waals surface area contributed by atoms with Crippen molar-refractivity contribution >= 4 is 0 Å². The van der Waals surface area contributed by atoms with E-state index in [0.717, 1.165) is 6.42 Å². The first kappa shape index (κ1) is 18.5.